The molecule has 1 aromatic rings. The van der Waals surface area contributed by atoms with Crippen molar-refractivity contribution < 1.29 is 9.21 Å². The second kappa shape index (κ2) is 6.45. The molecule has 1 aromatic heterocycles. The van der Waals surface area contributed by atoms with Crippen LogP contribution in [0.15, 0.2) is 10.5 Å². The Morgan fingerprint density at radius 2 is 2.47 bits per heavy atom. The molecule has 5 nitrogen and oxygen atoms in total. The van der Waals surface area contributed by atoms with Crippen LogP contribution in [0.4, 0.5) is 0 Å². The fourth-order valence-electron chi connectivity index (χ4n) is 2.27. The number of rotatable bonds is 4. The van der Waals surface area contributed by atoms with Crippen LogP contribution in [0.25, 0.3) is 0 Å². The number of amides is 1. The molecule has 1 aliphatic rings. The molecule has 0 aliphatic carbocycles. The highest BCUT2D eigenvalue weighted by molar-refractivity contribution is 8.00. The van der Waals surface area contributed by atoms with Crippen molar-refractivity contribution in [3.63, 3.8) is 0 Å². The lowest BCUT2D eigenvalue weighted by molar-refractivity contribution is 0.0924. The number of carbonyl (C=O) groups excluding carboxylic acids is 1. The highest BCUT2D eigenvalue weighted by Gasteiger charge is 2.21. The molecule has 1 atom stereocenters. The van der Waals surface area contributed by atoms with Gasteiger partial charge in [0.1, 0.15) is 5.76 Å². The third-order valence-electron chi connectivity index (χ3n) is 3.45. The number of hydrazine groups is 1. The SMILES string of the molecule is CCC1CN(Cc2cc(C(=O)NN)oc2C)CCS1. The molecule has 2 rings (SSSR count). The number of furan rings is 1. The summed E-state index contributed by atoms with van der Waals surface area (Å²) in [6, 6.07) is 1.79. The normalized spacial score (nSPS) is 20.5. The monoisotopic (exact) mass is 283 g/mol. The smallest absolute Gasteiger partial charge is 0.300 e. The van der Waals surface area contributed by atoms with E-state index in [2.05, 4.69) is 17.2 Å². The van der Waals surface area contributed by atoms with Crippen molar-refractivity contribution in [2.75, 3.05) is 18.8 Å². The summed E-state index contributed by atoms with van der Waals surface area (Å²) < 4.78 is 5.44. The second-order valence-corrected chi connectivity index (χ2v) is 6.21. The van der Waals surface area contributed by atoms with Crippen molar-refractivity contribution in [2.24, 2.45) is 5.84 Å². The van der Waals surface area contributed by atoms with Crippen molar-refractivity contribution in [1.82, 2.24) is 10.3 Å². The molecule has 1 amide bonds. The van der Waals surface area contributed by atoms with E-state index in [0.29, 0.717) is 5.25 Å². The molecule has 6 heteroatoms. The number of aryl methyl sites for hydroxylation is 1. The highest BCUT2D eigenvalue weighted by Crippen LogP contribution is 2.24. The largest absolute Gasteiger partial charge is 0.456 e. The number of nitrogen functional groups attached to an aromatic ring is 1. The highest BCUT2D eigenvalue weighted by atomic mass is 32.2. The van der Waals surface area contributed by atoms with E-state index in [-0.39, 0.29) is 11.7 Å². The van der Waals surface area contributed by atoms with E-state index in [0.717, 1.165) is 31.0 Å². The molecule has 106 valence electrons. The zero-order chi connectivity index (χ0) is 13.8. The number of nitrogens with zero attached hydrogens (tertiary/aromatic N) is 1. The number of thioether (sulfide) groups is 1. The first-order chi connectivity index (χ1) is 9.13. The maximum Gasteiger partial charge on any atom is 0.300 e. The molecule has 2 heterocycles. The van der Waals surface area contributed by atoms with Gasteiger partial charge in [-0.25, -0.2) is 5.84 Å². The van der Waals surface area contributed by atoms with Gasteiger partial charge in [-0.05, 0) is 19.4 Å². The van der Waals surface area contributed by atoms with Crippen LogP contribution in [-0.4, -0.2) is 34.9 Å². The molecular formula is C13H21N3O2S. The molecule has 1 aliphatic heterocycles. The van der Waals surface area contributed by atoms with Crippen molar-refractivity contribution in [1.29, 1.82) is 0 Å². The van der Waals surface area contributed by atoms with Crippen molar-refractivity contribution in [2.45, 2.75) is 32.1 Å². The van der Waals surface area contributed by atoms with Crippen molar-refractivity contribution in [3.05, 3.63) is 23.2 Å². The summed E-state index contributed by atoms with van der Waals surface area (Å²) in [7, 11) is 0. The zero-order valence-electron chi connectivity index (χ0n) is 11.4. The van der Waals surface area contributed by atoms with Crippen LogP contribution in [0.5, 0.6) is 0 Å². The molecule has 3 N–H and O–H groups in total. The topological polar surface area (TPSA) is 71.5 Å². The minimum absolute atomic E-state index is 0.286. The Balaban J connectivity index is 2.02. The predicted molar refractivity (Wildman–Crippen MR) is 76.9 cm³/mol. The number of hydrogen-bond acceptors (Lipinski definition) is 5. The molecule has 1 saturated heterocycles. The molecule has 1 unspecified atom stereocenters. The summed E-state index contributed by atoms with van der Waals surface area (Å²) in [5, 5.41) is 0.716. The van der Waals surface area contributed by atoms with Gasteiger partial charge in [-0.3, -0.25) is 15.1 Å². The van der Waals surface area contributed by atoms with E-state index < -0.39 is 0 Å². The summed E-state index contributed by atoms with van der Waals surface area (Å²) in [4.78, 5) is 13.8. The van der Waals surface area contributed by atoms with Crippen molar-refractivity contribution >= 4 is 17.7 Å². The molecular weight excluding hydrogens is 262 g/mol. The zero-order valence-corrected chi connectivity index (χ0v) is 12.3. The lowest BCUT2D eigenvalue weighted by Crippen LogP contribution is -2.37. The van der Waals surface area contributed by atoms with Crippen LogP contribution in [0.1, 0.15) is 35.2 Å². The van der Waals surface area contributed by atoms with Gasteiger partial charge in [0.15, 0.2) is 5.76 Å². The van der Waals surface area contributed by atoms with Gasteiger partial charge in [0, 0.05) is 36.2 Å². The van der Waals surface area contributed by atoms with E-state index in [1.807, 2.05) is 18.7 Å². The summed E-state index contributed by atoms with van der Waals surface area (Å²) in [6.45, 7) is 7.14. The van der Waals surface area contributed by atoms with Crippen LogP contribution in [-0.2, 0) is 6.54 Å². The third-order valence-corrected chi connectivity index (χ3v) is 4.82. The predicted octanol–water partition coefficient (Wildman–Crippen LogP) is 1.52. The van der Waals surface area contributed by atoms with E-state index in [1.54, 1.807) is 6.07 Å². The van der Waals surface area contributed by atoms with Crippen LogP contribution < -0.4 is 11.3 Å². The Bertz CT molecular complexity index is 447. The Morgan fingerprint density at radius 3 is 3.16 bits per heavy atom. The van der Waals surface area contributed by atoms with Crippen molar-refractivity contribution in [3.8, 4) is 0 Å². The van der Waals surface area contributed by atoms with E-state index >= 15 is 0 Å². The van der Waals surface area contributed by atoms with Gasteiger partial charge in [-0.1, -0.05) is 6.92 Å². The molecule has 0 aromatic carbocycles. The average Bonchev–Trinajstić information content (AvgIpc) is 2.79. The molecule has 1 fully saturated rings. The fourth-order valence-corrected chi connectivity index (χ4v) is 3.52. The second-order valence-electron chi connectivity index (χ2n) is 4.80. The molecule has 0 spiro atoms. The van der Waals surface area contributed by atoms with Crippen LogP contribution in [0.3, 0.4) is 0 Å². The maximum atomic E-state index is 11.4. The Labute approximate surface area is 117 Å². The minimum Gasteiger partial charge on any atom is -0.456 e. The van der Waals surface area contributed by atoms with Crippen LogP contribution in [0, 0.1) is 6.92 Å². The summed E-state index contributed by atoms with van der Waals surface area (Å²) in [5.41, 5.74) is 3.16. The average molecular weight is 283 g/mol. The lowest BCUT2D eigenvalue weighted by Gasteiger charge is -2.31. The first-order valence-electron chi connectivity index (χ1n) is 6.58. The Kier molecular flexibility index (Phi) is 4.90. The summed E-state index contributed by atoms with van der Waals surface area (Å²) >= 11 is 2.05. The van der Waals surface area contributed by atoms with Gasteiger partial charge in [0.2, 0.25) is 0 Å². The number of nitrogens with one attached hydrogen (secondary N) is 1. The number of nitrogens with two attached hydrogens (primary N) is 1. The van der Waals surface area contributed by atoms with Gasteiger partial charge in [-0.15, -0.1) is 0 Å². The standard InChI is InChI=1S/C13H21N3O2S/c1-3-11-8-16(4-5-19-11)7-10-6-12(13(17)15-14)18-9(10)2/h6,11H,3-5,7-8,14H2,1-2H3,(H,15,17). The Morgan fingerprint density at radius 1 is 1.68 bits per heavy atom. The molecule has 0 saturated carbocycles. The fraction of sp³-hybridized carbons (Fsp3) is 0.615. The van der Waals surface area contributed by atoms with Gasteiger partial charge in [0.05, 0.1) is 0 Å². The Hall–Kier alpha value is -0.980. The van der Waals surface area contributed by atoms with Gasteiger partial charge in [-0.2, -0.15) is 11.8 Å². The third kappa shape index (κ3) is 3.52. The van der Waals surface area contributed by atoms with Gasteiger partial charge < -0.3 is 4.42 Å². The molecule has 19 heavy (non-hydrogen) atoms. The van der Waals surface area contributed by atoms with Crippen LogP contribution >= 0.6 is 11.8 Å². The maximum absolute atomic E-state index is 11.4. The summed E-state index contributed by atoms with van der Waals surface area (Å²) in [5.74, 6) is 6.99. The first kappa shape index (κ1) is 14.4. The van der Waals surface area contributed by atoms with E-state index in [4.69, 9.17) is 10.3 Å². The van der Waals surface area contributed by atoms with E-state index in [9.17, 15) is 4.79 Å². The molecule has 0 bridgehead atoms. The van der Waals surface area contributed by atoms with Gasteiger partial charge >= 0.3 is 5.91 Å². The van der Waals surface area contributed by atoms with E-state index in [1.165, 1.54) is 12.2 Å². The summed E-state index contributed by atoms with van der Waals surface area (Å²) in [6.07, 6.45) is 1.20. The van der Waals surface area contributed by atoms with Crippen LogP contribution in [0.2, 0.25) is 0 Å². The quantitative estimate of drug-likeness (QED) is 0.498. The lowest BCUT2D eigenvalue weighted by atomic mass is 10.2. The number of carbonyl (C=O) groups is 1. The minimum atomic E-state index is -0.380. The van der Waals surface area contributed by atoms with Gasteiger partial charge in [0.25, 0.3) is 0 Å². The molecule has 0 radical (unpaired) electrons. The number of hydrogen-bond donors (Lipinski definition) is 2. The first-order valence-corrected chi connectivity index (χ1v) is 7.63.